The fraction of sp³-hybridized carbons (Fsp3) is 0.581. The van der Waals surface area contributed by atoms with Gasteiger partial charge >= 0.3 is 19.8 Å². The fourth-order valence-electron chi connectivity index (χ4n) is 4.69. The number of rotatable bonds is 35. The maximum atomic E-state index is 12.4. The Hall–Kier alpha value is -3.07. The van der Waals surface area contributed by atoms with E-state index in [1.165, 1.54) is 19.3 Å². The van der Waals surface area contributed by atoms with Gasteiger partial charge in [0.1, 0.15) is 6.61 Å². The number of esters is 2. The van der Waals surface area contributed by atoms with E-state index in [9.17, 15) is 14.2 Å². The topological polar surface area (TPSA) is 140 Å². The molecule has 1 atom stereocenters. The van der Waals surface area contributed by atoms with Crippen molar-refractivity contribution >= 4 is 19.8 Å². The SMILES string of the molecule is CCCCC/C=C\C/C=C\C/C=C\C/C=C\CCCC(=O)OC[C@H](COP(=O)(O)O)OC(=O)CCC/C=C\C/C=C\C/C=C\C/C=C\CCCCCO. The van der Waals surface area contributed by atoms with E-state index in [2.05, 4.69) is 90.4 Å². The summed E-state index contributed by atoms with van der Waals surface area (Å²) in [7, 11) is -4.79. The smallest absolute Gasteiger partial charge is 0.462 e. The van der Waals surface area contributed by atoms with Gasteiger partial charge in [0.15, 0.2) is 6.10 Å². The van der Waals surface area contributed by atoms with E-state index in [-0.39, 0.29) is 26.1 Å². The van der Waals surface area contributed by atoms with Crippen LogP contribution in [0, 0.1) is 0 Å². The van der Waals surface area contributed by atoms with Crippen LogP contribution in [0.4, 0.5) is 0 Å². The molecular weight excluding hydrogens is 691 g/mol. The lowest BCUT2D eigenvalue weighted by Gasteiger charge is -2.18. The molecule has 0 unspecified atom stereocenters. The zero-order chi connectivity index (χ0) is 38.9. The number of allylic oxidation sites excluding steroid dienone is 16. The minimum atomic E-state index is -4.79. The first kappa shape index (κ1) is 49.9. The number of aliphatic hydroxyl groups excluding tert-OH is 1. The van der Waals surface area contributed by atoms with Crippen LogP contribution in [0.3, 0.4) is 0 Å². The number of unbranched alkanes of at least 4 members (excludes halogenated alkanes) is 8. The number of hydrogen-bond donors (Lipinski definition) is 3. The van der Waals surface area contributed by atoms with Crippen molar-refractivity contribution in [2.24, 2.45) is 0 Å². The summed E-state index contributed by atoms with van der Waals surface area (Å²) < 4.78 is 26.2. The molecule has 3 N–H and O–H groups in total. The third kappa shape index (κ3) is 41.5. The molecule has 0 aromatic heterocycles. The third-order valence-electron chi connectivity index (χ3n) is 7.63. The highest BCUT2D eigenvalue weighted by molar-refractivity contribution is 7.46. The van der Waals surface area contributed by atoms with Gasteiger partial charge < -0.3 is 24.4 Å². The van der Waals surface area contributed by atoms with Crippen LogP contribution in [0.25, 0.3) is 0 Å². The van der Waals surface area contributed by atoms with Crippen LogP contribution in [0.5, 0.6) is 0 Å². The summed E-state index contributed by atoms with van der Waals surface area (Å²) in [6.45, 7) is 1.55. The molecule has 0 aromatic rings. The molecule has 53 heavy (non-hydrogen) atoms. The van der Waals surface area contributed by atoms with Crippen LogP contribution in [0.1, 0.15) is 135 Å². The first-order valence-corrected chi connectivity index (χ1v) is 21.2. The molecule has 300 valence electrons. The first-order valence-electron chi connectivity index (χ1n) is 19.6. The maximum absolute atomic E-state index is 12.4. The zero-order valence-electron chi connectivity index (χ0n) is 32.3. The summed E-state index contributed by atoms with van der Waals surface area (Å²) >= 11 is 0. The highest BCUT2D eigenvalue weighted by Crippen LogP contribution is 2.35. The molecule has 0 rings (SSSR count). The molecule has 0 radical (unpaired) electrons. The van der Waals surface area contributed by atoms with E-state index >= 15 is 0 Å². The van der Waals surface area contributed by atoms with Crippen molar-refractivity contribution in [1.82, 2.24) is 0 Å². The molecule has 0 aromatic carbocycles. The van der Waals surface area contributed by atoms with Crippen molar-refractivity contribution in [2.45, 2.75) is 141 Å². The highest BCUT2D eigenvalue weighted by atomic mass is 31.2. The molecule has 0 aliphatic rings. The molecule has 0 saturated heterocycles. The number of ether oxygens (including phenoxy) is 2. The van der Waals surface area contributed by atoms with Crippen LogP contribution in [0.2, 0.25) is 0 Å². The molecule has 10 heteroatoms. The van der Waals surface area contributed by atoms with Crippen LogP contribution < -0.4 is 0 Å². The van der Waals surface area contributed by atoms with Gasteiger partial charge in [-0.15, -0.1) is 0 Å². The summed E-state index contributed by atoms with van der Waals surface area (Å²) in [4.78, 5) is 42.7. The number of phosphoric ester groups is 1. The van der Waals surface area contributed by atoms with Gasteiger partial charge in [-0.25, -0.2) is 4.57 Å². The molecular formula is C43H69O9P. The molecule has 0 aliphatic carbocycles. The number of aliphatic hydroxyl groups is 1. The van der Waals surface area contributed by atoms with E-state index < -0.39 is 32.5 Å². The van der Waals surface area contributed by atoms with Gasteiger partial charge in [-0.3, -0.25) is 14.1 Å². The van der Waals surface area contributed by atoms with Gasteiger partial charge in [-0.2, -0.15) is 0 Å². The normalized spacial score (nSPS) is 13.5. The Bertz CT molecular complexity index is 1170. The quantitative estimate of drug-likeness (QED) is 0.0249. The lowest BCUT2D eigenvalue weighted by Crippen LogP contribution is -2.29. The van der Waals surface area contributed by atoms with E-state index in [0.717, 1.165) is 70.6 Å². The Morgan fingerprint density at radius 1 is 0.528 bits per heavy atom. The molecule has 0 spiro atoms. The summed E-state index contributed by atoms with van der Waals surface area (Å²) in [5.41, 5.74) is 0. The van der Waals surface area contributed by atoms with Gasteiger partial charge in [-0.1, -0.05) is 123 Å². The van der Waals surface area contributed by atoms with Crippen molar-refractivity contribution in [3.63, 3.8) is 0 Å². The lowest BCUT2D eigenvalue weighted by atomic mass is 10.2. The Morgan fingerprint density at radius 3 is 1.34 bits per heavy atom. The Morgan fingerprint density at radius 2 is 0.925 bits per heavy atom. The molecule has 0 bridgehead atoms. The zero-order valence-corrected chi connectivity index (χ0v) is 33.2. The maximum Gasteiger partial charge on any atom is 0.469 e. The van der Waals surface area contributed by atoms with Crippen molar-refractivity contribution in [3.05, 3.63) is 97.2 Å². The molecule has 0 aliphatic heterocycles. The number of hydrogen-bond acceptors (Lipinski definition) is 7. The first-order chi connectivity index (χ1) is 25.8. The van der Waals surface area contributed by atoms with Crippen molar-refractivity contribution in [1.29, 1.82) is 0 Å². The Balaban J connectivity index is 4.17. The predicted molar refractivity (Wildman–Crippen MR) is 217 cm³/mol. The minimum absolute atomic E-state index is 0.109. The average Bonchev–Trinajstić information content (AvgIpc) is 3.13. The number of carbonyl (C=O) groups excluding carboxylic acids is 2. The summed E-state index contributed by atoms with van der Waals surface area (Å²) in [5.74, 6) is -1.04. The van der Waals surface area contributed by atoms with E-state index in [1.54, 1.807) is 0 Å². The van der Waals surface area contributed by atoms with Gasteiger partial charge in [0.25, 0.3) is 0 Å². The largest absolute Gasteiger partial charge is 0.469 e. The second kappa shape index (κ2) is 38.6. The van der Waals surface area contributed by atoms with Crippen molar-refractivity contribution in [3.8, 4) is 0 Å². The number of phosphoric acid groups is 1. The van der Waals surface area contributed by atoms with Crippen LogP contribution in [-0.2, 0) is 28.2 Å². The Labute approximate surface area is 320 Å². The van der Waals surface area contributed by atoms with Crippen LogP contribution >= 0.6 is 7.82 Å². The fourth-order valence-corrected chi connectivity index (χ4v) is 5.05. The minimum Gasteiger partial charge on any atom is -0.462 e. The van der Waals surface area contributed by atoms with Gasteiger partial charge in [0, 0.05) is 19.4 Å². The second-order valence-corrected chi connectivity index (χ2v) is 13.9. The predicted octanol–water partition coefficient (Wildman–Crippen LogP) is 10.8. The third-order valence-corrected chi connectivity index (χ3v) is 8.12. The van der Waals surface area contributed by atoms with Gasteiger partial charge in [0.2, 0.25) is 0 Å². The molecule has 0 amide bonds. The van der Waals surface area contributed by atoms with E-state index in [4.69, 9.17) is 24.4 Å². The average molecular weight is 761 g/mol. The summed E-state index contributed by atoms with van der Waals surface area (Å²) in [5, 5.41) is 8.77. The second-order valence-electron chi connectivity index (χ2n) is 12.6. The van der Waals surface area contributed by atoms with Crippen LogP contribution in [0.15, 0.2) is 97.2 Å². The molecule has 0 heterocycles. The lowest BCUT2D eigenvalue weighted by molar-refractivity contribution is -0.161. The molecule has 9 nitrogen and oxygen atoms in total. The summed E-state index contributed by atoms with van der Waals surface area (Å²) in [6.07, 6.45) is 50.1. The Kier molecular flexibility index (Phi) is 36.4. The van der Waals surface area contributed by atoms with Crippen molar-refractivity contribution in [2.75, 3.05) is 19.8 Å². The molecule has 0 saturated carbocycles. The molecule has 0 fully saturated rings. The monoisotopic (exact) mass is 760 g/mol. The van der Waals surface area contributed by atoms with Gasteiger partial charge in [0.05, 0.1) is 6.61 Å². The number of carbonyl (C=O) groups is 2. The summed E-state index contributed by atoms with van der Waals surface area (Å²) in [6, 6.07) is 0. The van der Waals surface area contributed by atoms with E-state index in [0.29, 0.717) is 25.7 Å². The van der Waals surface area contributed by atoms with Crippen molar-refractivity contribution < 1.29 is 43.0 Å². The van der Waals surface area contributed by atoms with E-state index in [1.807, 2.05) is 18.2 Å². The highest BCUT2D eigenvalue weighted by Gasteiger charge is 2.22. The van der Waals surface area contributed by atoms with Gasteiger partial charge in [-0.05, 0) is 96.3 Å². The standard InChI is InChI=1S/C43H69O9P/c1-2-3-4-5-6-7-8-9-10-12-15-18-21-24-27-30-33-36-42(45)50-39-41(40-51-53(47,48)49)52-43(46)37-34-31-28-25-22-19-16-13-11-14-17-20-23-26-29-32-35-38-44/h6-7,9-11,14-16,18-20,23-25,27-28,41,44H,2-5,8,12-13,17,21-22,26,29-40H2,1H3,(H2,47,48,49)/b7-6-,10-9-,14-11-,18-15-,19-16-,23-20-,27-24-,28-25-/t41-/m1/s1. The van der Waals surface area contributed by atoms with Crippen LogP contribution in [-0.4, -0.2) is 52.8 Å².